The Morgan fingerprint density at radius 3 is 1.43 bits per heavy atom. The maximum atomic E-state index is 5.17. The molecule has 0 atom stereocenters. The first-order valence-electron chi connectivity index (χ1n) is 17.2. The second-order valence-electron chi connectivity index (χ2n) is 13.1. The molecule has 0 saturated carbocycles. The molecule has 0 amide bonds. The van der Waals surface area contributed by atoms with Gasteiger partial charge in [0.2, 0.25) is 0 Å². The maximum absolute atomic E-state index is 5.17. The van der Waals surface area contributed by atoms with Gasteiger partial charge in [-0.3, -0.25) is 0 Å². The predicted molar refractivity (Wildman–Crippen MR) is 214 cm³/mol. The normalized spacial score (nSPS) is 11.9. The average molecular weight is 669 g/mol. The van der Waals surface area contributed by atoms with Crippen LogP contribution in [-0.2, 0) is 0 Å². The zero-order chi connectivity index (χ0) is 33.5. The first-order chi connectivity index (χ1) is 25.3. The molecule has 0 aliphatic carbocycles. The number of hydrogen-bond acceptors (Lipinski definition) is 3. The van der Waals surface area contributed by atoms with Crippen molar-refractivity contribution < 1.29 is 0 Å². The number of benzene rings is 8. The molecular formula is C46H28N4S. The van der Waals surface area contributed by atoms with E-state index in [2.05, 4.69) is 179 Å². The van der Waals surface area contributed by atoms with Crippen molar-refractivity contribution >= 4 is 76.7 Å². The summed E-state index contributed by atoms with van der Waals surface area (Å²) < 4.78 is 9.68. The fourth-order valence-electron chi connectivity index (χ4n) is 8.02. The van der Waals surface area contributed by atoms with Crippen LogP contribution in [0.2, 0.25) is 0 Å². The Kier molecular flexibility index (Phi) is 6.09. The van der Waals surface area contributed by atoms with Crippen molar-refractivity contribution in [3.63, 3.8) is 0 Å². The van der Waals surface area contributed by atoms with E-state index in [-0.39, 0.29) is 0 Å². The molecule has 0 unspecified atom stereocenters. The van der Waals surface area contributed by atoms with Crippen LogP contribution in [0.25, 0.3) is 98.5 Å². The van der Waals surface area contributed by atoms with Gasteiger partial charge in [0.15, 0.2) is 5.82 Å². The Morgan fingerprint density at radius 2 is 0.863 bits per heavy atom. The van der Waals surface area contributed by atoms with Gasteiger partial charge >= 0.3 is 0 Å². The minimum atomic E-state index is 0.745. The fraction of sp³-hybridized carbons (Fsp3) is 0. The molecule has 0 saturated heterocycles. The lowest BCUT2D eigenvalue weighted by atomic mass is 10.0. The van der Waals surface area contributed by atoms with E-state index in [1.54, 1.807) is 0 Å². The smallest absolute Gasteiger partial charge is 0.173 e. The van der Waals surface area contributed by atoms with E-state index in [9.17, 15) is 0 Å². The van der Waals surface area contributed by atoms with Gasteiger partial charge < -0.3 is 9.13 Å². The van der Waals surface area contributed by atoms with Crippen LogP contribution in [-0.4, -0.2) is 18.5 Å². The summed E-state index contributed by atoms with van der Waals surface area (Å²) in [5, 5.41) is 10.8. The number of rotatable bonds is 4. The Hall–Kier alpha value is -6.56. The molecule has 11 aromatic rings. The van der Waals surface area contributed by atoms with Crippen molar-refractivity contribution in [3.05, 3.63) is 170 Å². The van der Waals surface area contributed by atoms with Crippen LogP contribution >= 0.6 is 11.5 Å². The molecule has 0 spiro atoms. The molecule has 238 valence electrons. The molecule has 3 aromatic heterocycles. The van der Waals surface area contributed by atoms with Crippen LogP contribution in [0.5, 0.6) is 0 Å². The second kappa shape index (κ2) is 11.0. The predicted octanol–water partition coefficient (Wildman–Crippen LogP) is 12.4. The lowest BCUT2D eigenvalue weighted by Gasteiger charge is -2.08. The van der Waals surface area contributed by atoms with E-state index in [0.29, 0.717) is 0 Å². The minimum absolute atomic E-state index is 0.745. The summed E-state index contributed by atoms with van der Waals surface area (Å²) >= 11 is 1.46. The van der Waals surface area contributed by atoms with Gasteiger partial charge in [-0.25, -0.2) is 4.98 Å². The summed E-state index contributed by atoms with van der Waals surface area (Å²) in [4.78, 5) is 5.17. The van der Waals surface area contributed by atoms with E-state index in [1.807, 2.05) is 0 Å². The summed E-state index contributed by atoms with van der Waals surface area (Å²) in [5.41, 5.74) is 9.10. The zero-order valence-corrected chi connectivity index (χ0v) is 28.2. The van der Waals surface area contributed by atoms with Crippen molar-refractivity contribution in [1.82, 2.24) is 18.5 Å². The molecular weight excluding hydrogens is 641 g/mol. The molecule has 11 rings (SSSR count). The SMILES string of the molecule is c1ccc(-n2c3ccc(-c4nsc(-c5ccc6c(c5)c5c7ccccc7ccc5n6-c5ccccc5)n4)cc3c3c4ccccc4ccc32)cc1. The van der Waals surface area contributed by atoms with Crippen molar-refractivity contribution in [3.8, 4) is 33.3 Å². The summed E-state index contributed by atoms with van der Waals surface area (Å²) in [6, 6.07) is 60.9. The van der Waals surface area contributed by atoms with Crippen molar-refractivity contribution in [2.45, 2.75) is 0 Å². The van der Waals surface area contributed by atoms with Crippen LogP contribution in [0.4, 0.5) is 0 Å². The second-order valence-corrected chi connectivity index (χ2v) is 13.8. The average Bonchev–Trinajstić information content (AvgIpc) is 3.91. The fourth-order valence-corrected chi connectivity index (χ4v) is 8.70. The van der Waals surface area contributed by atoms with Gasteiger partial charge in [0.05, 0.1) is 22.1 Å². The number of fused-ring (bicyclic) bond motifs is 10. The number of para-hydroxylation sites is 2. The topological polar surface area (TPSA) is 35.6 Å². The molecule has 0 N–H and O–H groups in total. The lowest BCUT2D eigenvalue weighted by Crippen LogP contribution is -1.93. The Labute approximate surface area is 297 Å². The molecule has 0 bridgehead atoms. The van der Waals surface area contributed by atoms with Crippen LogP contribution in [0.15, 0.2) is 170 Å². The number of aromatic nitrogens is 4. The maximum Gasteiger partial charge on any atom is 0.173 e. The van der Waals surface area contributed by atoms with Crippen LogP contribution in [0.1, 0.15) is 0 Å². The van der Waals surface area contributed by atoms with Gasteiger partial charge in [-0.2, -0.15) is 4.37 Å². The molecule has 3 heterocycles. The van der Waals surface area contributed by atoms with Gasteiger partial charge in [0.25, 0.3) is 0 Å². The Bertz CT molecular complexity index is 2920. The molecule has 0 aliphatic rings. The number of nitrogens with zero attached hydrogens (tertiary/aromatic N) is 4. The van der Waals surface area contributed by atoms with E-state index < -0.39 is 0 Å². The molecule has 0 radical (unpaired) electrons. The van der Waals surface area contributed by atoms with Gasteiger partial charge in [-0.1, -0.05) is 97.1 Å². The van der Waals surface area contributed by atoms with Crippen LogP contribution in [0.3, 0.4) is 0 Å². The van der Waals surface area contributed by atoms with E-state index in [4.69, 9.17) is 9.36 Å². The molecule has 0 aliphatic heterocycles. The van der Waals surface area contributed by atoms with Crippen LogP contribution in [0, 0.1) is 0 Å². The highest BCUT2D eigenvalue weighted by Crippen LogP contribution is 2.41. The van der Waals surface area contributed by atoms with E-state index in [0.717, 1.165) is 33.3 Å². The van der Waals surface area contributed by atoms with Gasteiger partial charge in [-0.15, -0.1) is 0 Å². The summed E-state index contributed by atoms with van der Waals surface area (Å²) in [7, 11) is 0. The molecule has 51 heavy (non-hydrogen) atoms. The van der Waals surface area contributed by atoms with Gasteiger partial charge in [0.1, 0.15) is 5.01 Å². The lowest BCUT2D eigenvalue weighted by molar-refractivity contribution is 1.18. The van der Waals surface area contributed by atoms with Crippen molar-refractivity contribution in [2.24, 2.45) is 0 Å². The molecule has 4 nitrogen and oxygen atoms in total. The highest BCUT2D eigenvalue weighted by atomic mass is 32.1. The van der Waals surface area contributed by atoms with Crippen molar-refractivity contribution in [2.75, 3.05) is 0 Å². The quantitative estimate of drug-likeness (QED) is 0.187. The summed E-state index contributed by atoms with van der Waals surface area (Å²) in [5.74, 6) is 0.745. The summed E-state index contributed by atoms with van der Waals surface area (Å²) in [6.45, 7) is 0. The minimum Gasteiger partial charge on any atom is -0.309 e. The highest BCUT2D eigenvalue weighted by molar-refractivity contribution is 7.09. The third-order valence-electron chi connectivity index (χ3n) is 10.3. The molecule has 8 aromatic carbocycles. The number of hydrogen-bond donors (Lipinski definition) is 0. The Balaban J connectivity index is 1.09. The first kappa shape index (κ1) is 28.3. The van der Waals surface area contributed by atoms with Gasteiger partial charge in [0, 0.05) is 44.0 Å². The standard InChI is InChI=1S/C46H28N4S/c1-3-13-33(14-4-1)49-39-23-21-31(27-37(39)43-35-17-9-7-11-29(35)19-25-41(43)49)45-47-46(51-48-45)32-22-24-40-38(28-32)44-36-18-10-8-12-30(36)20-26-42(44)50(40)34-15-5-2-6-16-34/h1-28H. The molecule has 5 heteroatoms. The van der Waals surface area contributed by atoms with E-state index in [1.165, 1.54) is 76.7 Å². The largest absolute Gasteiger partial charge is 0.309 e. The molecule has 0 fully saturated rings. The third kappa shape index (κ3) is 4.25. The Morgan fingerprint density at radius 1 is 0.392 bits per heavy atom. The van der Waals surface area contributed by atoms with Crippen molar-refractivity contribution in [1.29, 1.82) is 0 Å². The monoisotopic (exact) mass is 668 g/mol. The first-order valence-corrected chi connectivity index (χ1v) is 17.9. The zero-order valence-electron chi connectivity index (χ0n) is 27.4. The highest BCUT2D eigenvalue weighted by Gasteiger charge is 2.19. The van der Waals surface area contributed by atoms with Crippen LogP contribution < -0.4 is 0 Å². The van der Waals surface area contributed by atoms with Gasteiger partial charge in [-0.05, 0) is 106 Å². The van der Waals surface area contributed by atoms with E-state index >= 15 is 0 Å². The summed E-state index contributed by atoms with van der Waals surface area (Å²) in [6.07, 6.45) is 0. The third-order valence-corrected chi connectivity index (χ3v) is 11.0.